The molecule has 2 saturated heterocycles. The molecule has 2 fully saturated rings. The van der Waals surface area contributed by atoms with E-state index in [4.69, 9.17) is 10.5 Å². The molecule has 12 nitrogen and oxygen atoms in total. The van der Waals surface area contributed by atoms with Gasteiger partial charge in [-0.3, -0.25) is 19.2 Å². The smallest absolute Gasteiger partial charge is 0.408 e. The highest BCUT2D eigenvalue weighted by atomic mass is 16.6. The summed E-state index contributed by atoms with van der Waals surface area (Å²) in [5, 5.41) is 19.0. The van der Waals surface area contributed by atoms with Crippen molar-refractivity contribution in [2.45, 2.75) is 114 Å². The Hall–Kier alpha value is -4.45. The standard InChI is InChI=1S/C35H47N5O7/c1-35(2,3)47-34(46)38-27-18-17-25(41)16-14-24-15-20-28(40(24)33(27)45)32(44)37-26(19-21-29(36)42)31(43)39-30(22-10-6-4-7-11-22)23-12-8-5-9-13-23/h4-13,24-28,30,41H,14-21H2,1-3H3,(H2,36,42)(H,37,44)(H,38,46)(H,39,43)/t24-,25-,26-,27-,28-/m0/s1. The van der Waals surface area contributed by atoms with E-state index in [2.05, 4.69) is 16.0 Å². The molecule has 2 heterocycles. The van der Waals surface area contributed by atoms with E-state index >= 15 is 0 Å². The fourth-order valence-corrected chi connectivity index (χ4v) is 6.25. The predicted molar refractivity (Wildman–Crippen MR) is 175 cm³/mol. The molecule has 4 rings (SSSR count). The first kappa shape index (κ1) is 35.4. The van der Waals surface area contributed by atoms with Crippen LogP contribution in [0.3, 0.4) is 0 Å². The Bertz CT molecular complexity index is 1360. The molecule has 0 bridgehead atoms. The first-order valence-corrected chi connectivity index (χ1v) is 16.3. The average Bonchev–Trinajstić information content (AvgIpc) is 3.47. The lowest BCUT2D eigenvalue weighted by atomic mass is 9.98. The normalized spacial score (nSPS) is 22.2. The number of carbonyl (C=O) groups excluding carboxylic acids is 5. The lowest BCUT2D eigenvalue weighted by molar-refractivity contribution is -0.143. The third-order valence-corrected chi connectivity index (χ3v) is 8.54. The zero-order valence-corrected chi connectivity index (χ0v) is 27.3. The van der Waals surface area contributed by atoms with Gasteiger partial charge in [0.05, 0.1) is 12.1 Å². The minimum atomic E-state index is -1.12. The fraction of sp³-hybridized carbons (Fsp3) is 0.514. The quantitative estimate of drug-likeness (QED) is 0.262. The van der Waals surface area contributed by atoms with E-state index in [1.165, 1.54) is 4.90 Å². The summed E-state index contributed by atoms with van der Waals surface area (Å²) in [5.74, 6) is -2.11. The maximum absolute atomic E-state index is 14.0. The third kappa shape index (κ3) is 10.0. The van der Waals surface area contributed by atoms with Crippen LogP contribution in [0.4, 0.5) is 4.79 Å². The van der Waals surface area contributed by atoms with Crippen molar-refractivity contribution in [3.8, 4) is 0 Å². The Labute approximate surface area is 275 Å². The van der Waals surface area contributed by atoms with Crippen molar-refractivity contribution in [2.24, 2.45) is 5.73 Å². The molecule has 0 spiro atoms. The third-order valence-electron chi connectivity index (χ3n) is 8.54. The SMILES string of the molecule is CC(C)(C)OC(=O)N[C@H]1CC[C@@H](O)CC[C@H]2CC[C@@H](C(=O)N[C@@H](CCC(N)=O)C(=O)NC(c3ccccc3)c3ccccc3)N2C1=O. The highest BCUT2D eigenvalue weighted by Crippen LogP contribution is 2.31. The first-order valence-electron chi connectivity index (χ1n) is 16.3. The van der Waals surface area contributed by atoms with Gasteiger partial charge in [0, 0.05) is 12.5 Å². The number of aliphatic hydroxyl groups is 1. The van der Waals surface area contributed by atoms with Gasteiger partial charge in [-0.25, -0.2) is 4.79 Å². The number of hydrogen-bond donors (Lipinski definition) is 5. The Balaban J connectivity index is 1.56. The number of aliphatic hydroxyl groups excluding tert-OH is 1. The van der Waals surface area contributed by atoms with Crippen molar-refractivity contribution < 1.29 is 33.8 Å². The van der Waals surface area contributed by atoms with Gasteiger partial charge in [-0.2, -0.15) is 0 Å². The highest BCUT2D eigenvalue weighted by molar-refractivity contribution is 5.95. The second kappa shape index (κ2) is 15.9. The zero-order chi connectivity index (χ0) is 34.1. The van der Waals surface area contributed by atoms with E-state index in [0.717, 1.165) is 11.1 Å². The Kier molecular flexibility index (Phi) is 12.0. The average molecular weight is 650 g/mol. The van der Waals surface area contributed by atoms with Gasteiger partial charge in [0.2, 0.25) is 23.6 Å². The molecule has 0 saturated carbocycles. The maximum atomic E-state index is 14.0. The lowest BCUT2D eigenvalue weighted by Crippen LogP contribution is -2.58. The molecule has 0 radical (unpaired) electrons. The monoisotopic (exact) mass is 649 g/mol. The molecular formula is C35H47N5O7. The molecule has 2 aromatic rings. The van der Waals surface area contributed by atoms with Crippen molar-refractivity contribution in [1.82, 2.24) is 20.9 Å². The summed E-state index contributed by atoms with van der Waals surface area (Å²) < 4.78 is 5.38. The highest BCUT2D eigenvalue weighted by Gasteiger charge is 2.45. The van der Waals surface area contributed by atoms with Gasteiger partial charge in [0.1, 0.15) is 23.7 Å². The van der Waals surface area contributed by atoms with E-state index in [-0.39, 0.29) is 25.3 Å². The molecule has 0 unspecified atom stereocenters. The van der Waals surface area contributed by atoms with Gasteiger partial charge >= 0.3 is 6.09 Å². The number of primary amides is 1. The summed E-state index contributed by atoms with van der Waals surface area (Å²) in [7, 11) is 0. The molecule has 6 N–H and O–H groups in total. The van der Waals surface area contributed by atoms with Crippen molar-refractivity contribution >= 4 is 29.7 Å². The van der Waals surface area contributed by atoms with Crippen molar-refractivity contribution in [1.29, 1.82) is 0 Å². The molecule has 2 aliphatic heterocycles. The van der Waals surface area contributed by atoms with Crippen molar-refractivity contribution in [3.05, 3.63) is 71.8 Å². The zero-order valence-electron chi connectivity index (χ0n) is 27.3. The van der Waals surface area contributed by atoms with E-state index < -0.39 is 65.6 Å². The van der Waals surface area contributed by atoms with E-state index in [1.54, 1.807) is 20.8 Å². The number of ether oxygens (including phenoxy) is 1. The van der Waals surface area contributed by atoms with E-state index in [0.29, 0.717) is 32.1 Å². The molecule has 254 valence electrons. The summed E-state index contributed by atoms with van der Waals surface area (Å²) in [6.07, 6.45) is 0.611. The molecule has 5 atom stereocenters. The minimum Gasteiger partial charge on any atom is -0.444 e. The number of fused-ring (bicyclic) bond motifs is 1. The van der Waals surface area contributed by atoms with Crippen LogP contribution in [-0.4, -0.2) is 75.6 Å². The molecule has 0 aliphatic carbocycles. The maximum Gasteiger partial charge on any atom is 0.408 e. The lowest BCUT2D eigenvalue weighted by Gasteiger charge is -2.33. The molecular weight excluding hydrogens is 602 g/mol. The number of alkyl carbamates (subject to hydrolysis) is 1. The molecule has 47 heavy (non-hydrogen) atoms. The summed E-state index contributed by atoms with van der Waals surface area (Å²) in [6.45, 7) is 5.14. The largest absolute Gasteiger partial charge is 0.444 e. The number of carbonyl (C=O) groups is 5. The second-order valence-electron chi connectivity index (χ2n) is 13.3. The predicted octanol–water partition coefficient (Wildman–Crippen LogP) is 2.83. The summed E-state index contributed by atoms with van der Waals surface area (Å²) in [6, 6.07) is 14.9. The fourth-order valence-electron chi connectivity index (χ4n) is 6.25. The van der Waals surface area contributed by atoms with Crippen molar-refractivity contribution in [3.63, 3.8) is 0 Å². The van der Waals surface area contributed by atoms with Gasteiger partial charge in [0.15, 0.2) is 0 Å². The van der Waals surface area contributed by atoms with Crippen LogP contribution in [0.2, 0.25) is 0 Å². The van der Waals surface area contributed by atoms with Crippen LogP contribution in [0.15, 0.2) is 60.7 Å². The molecule has 12 heteroatoms. The van der Waals surface area contributed by atoms with Gasteiger partial charge in [-0.05, 0) is 76.8 Å². The van der Waals surface area contributed by atoms with Gasteiger partial charge in [-0.1, -0.05) is 60.7 Å². The van der Waals surface area contributed by atoms with Crippen LogP contribution in [0.25, 0.3) is 0 Å². The first-order chi connectivity index (χ1) is 22.3. The second-order valence-corrected chi connectivity index (χ2v) is 13.3. The summed E-state index contributed by atoms with van der Waals surface area (Å²) >= 11 is 0. The van der Waals surface area contributed by atoms with Crippen molar-refractivity contribution in [2.75, 3.05) is 0 Å². The number of benzene rings is 2. The number of rotatable bonds is 10. The Morgan fingerprint density at radius 3 is 2.04 bits per heavy atom. The number of hydrogen-bond acceptors (Lipinski definition) is 7. The van der Waals surface area contributed by atoms with Crippen LogP contribution in [-0.2, 0) is 23.9 Å². The van der Waals surface area contributed by atoms with Crippen LogP contribution in [0, 0.1) is 0 Å². The van der Waals surface area contributed by atoms with E-state index in [1.807, 2.05) is 60.7 Å². The topological polar surface area (TPSA) is 180 Å². The van der Waals surface area contributed by atoms with Gasteiger partial charge in [-0.15, -0.1) is 0 Å². The summed E-state index contributed by atoms with van der Waals surface area (Å²) in [4.78, 5) is 67.7. The number of nitrogens with one attached hydrogen (secondary N) is 3. The summed E-state index contributed by atoms with van der Waals surface area (Å²) in [5.41, 5.74) is 6.31. The number of nitrogens with two attached hydrogens (primary N) is 1. The van der Waals surface area contributed by atoms with Crippen LogP contribution < -0.4 is 21.7 Å². The number of amides is 5. The van der Waals surface area contributed by atoms with E-state index in [9.17, 15) is 29.1 Å². The molecule has 2 aliphatic rings. The molecule has 2 aromatic carbocycles. The van der Waals surface area contributed by atoms with Crippen LogP contribution in [0.5, 0.6) is 0 Å². The number of nitrogens with zero attached hydrogens (tertiary/aromatic N) is 1. The van der Waals surface area contributed by atoms with Gasteiger partial charge < -0.3 is 36.4 Å². The molecule has 5 amide bonds. The Morgan fingerprint density at radius 2 is 1.47 bits per heavy atom. The minimum absolute atomic E-state index is 0.0394. The van der Waals surface area contributed by atoms with Crippen LogP contribution >= 0.6 is 0 Å². The van der Waals surface area contributed by atoms with Gasteiger partial charge in [0.25, 0.3) is 0 Å². The molecule has 0 aromatic heterocycles. The van der Waals surface area contributed by atoms with Crippen LogP contribution in [0.1, 0.15) is 89.3 Å². The Morgan fingerprint density at radius 1 is 0.894 bits per heavy atom.